The monoisotopic (exact) mass is 344 g/mol. The first-order valence-corrected chi connectivity index (χ1v) is 6.97. The van der Waals surface area contributed by atoms with E-state index in [1.165, 1.54) is 7.11 Å². The van der Waals surface area contributed by atoms with Gasteiger partial charge in [-0.3, -0.25) is 0 Å². The second-order valence-electron chi connectivity index (χ2n) is 4.16. The van der Waals surface area contributed by atoms with Gasteiger partial charge in [-0.15, -0.1) is 0 Å². The van der Waals surface area contributed by atoms with E-state index in [-0.39, 0.29) is 5.97 Å². The molecule has 0 radical (unpaired) electrons. The van der Waals surface area contributed by atoms with Crippen molar-refractivity contribution in [1.29, 1.82) is 0 Å². The van der Waals surface area contributed by atoms with E-state index in [2.05, 4.69) is 32.5 Å². The molecule has 2 aromatic carbocycles. The van der Waals surface area contributed by atoms with E-state index in [9.17, 15) is 4.79 Å². The van der Waals surface area contributed by atoms with Crippen molar-refractivity contribution in [3.8, 4) is 17.6 Å². The molecule has 0 fully saturated rings. The maximum Gasteiger partial charge on any atom is 0.337 e. The highest BCUT2D eigenvalue weighted by atomic mass is 79.9. The van der Waals surface area contributed by atoms with Gasteiger partial charge in [0.15, 0.2) is 0 Å². The summed E-state index contributed by atoms with van der Waals surface area (Å²) in [5, 5.41) is 0. The van der Waals surface area contributed by atoms with Gasteiger partial charge < -0.3 is 9.47 Å². The van der Waals surface area contributed by atoms with Crippen LogP contribution in [0.2, 0.25) is 0 Å². The lowest BCUT2D eigenvalue weighted by molar-refractivity contribution is 0.0600. The molecule has 0 atom stereocenters. The number of ether oxygens (including phenoxy) is 2. The summed E-state index contributed by atoms with van der Waals surface area (Å²) in [4.78, 5) is 11.3. The van der Waals surface area contributed by atoms with E-state index in [1.807, 2.05) is 18.2 Å². The van der Waals surface area contributed by atoms with Crippen LogP contribution in [-0.2, 0) is 4.74 Å². The zero-order valence-corrected chi connectivity index (χ0v) is 13.2. The maximum absolute atomic E-state index is 11.3. The summed E-state index contributed by atoms with van der Waals surface area (Å²) in [6.07, 6.45) is 0. The quantitative estimate of drug-likeness (QED) is 0.616. The van der Waals surface area contributed by atoms with Gasteiger partial charge >= 0.3 is 5.97 Å². The van der Waals surface area contributed by atoms with Crippen LogP contribution in [-0.4, -0.2) is 20.2 Å². The van der Waals surface area contributed by atoms with Crippen LogP contribution in [0.5, 0.6) is 5.75 Å². The molecule has 0 saturated heterocycles. The molecule has 0 aliphatic heterocycles. The predicted octanol–water partition coefficient (Wildman–Crippen LogP) is 3.64. The summed E-state index contributed by atoms with van der Waals surface area (Å²) < 4.78 is 10.7. The van der Waals surface area contributed by atoms with Gasteiger partial charge in [0.2, 0.25) is 0 Å². The summed E-state index contributed by atoms with van der Waals surface area (Å²) in [5.74, 6) is 6.52. The van der Waals surface area contributed by atoms with Crippen LogP contribution < -0.4 is 4.74 Å². The lowest BCUT2D eigenvalue weighted by Gasteiger charge is -2.01. The molecule has 4 heteroatoms. The summed E-state index contributed by atoms with van der Waals surface area (Å²) >= 11 is 3.45. The number of hydrogen-bond acceptors (Lipinski definition) is 3. The molecule has 106 valence electrons. The van der Waals surface area contributed by atoms with Crippen molar-refractivity contribution in [2.24, 2.45) is 0 Å². The molecule has 0 aliphatic carbocycles. The first kappa shape index (κ1) is 15.1. The lowest BCUT2D eigenvalue weighted by atomic mass is 10.1. The van der Waals surface area contributed by atoms with E-state index in [4.69, 9.17) is 4.74 Å². The SMILES string of the molecule is COC(=O)c1ccc(C#Cc2cc(OC)ccc2Br)cc1. The highest BCUT2D eigenvalue weighted by molar-refractivity contribution is 9.10. The molecule has 21 heavy (non-hydrogen) atoms. The minimum atomic E-state index is -0.356. The van der Waals surface area contributed by atoms with Gasteiger partial charge in [-0.1, -0.05) is 11.8 Å². The summed E-state index contributed by atoms with van der Waals surface area (Å²) in [6.45, 7) is 0. The van der Waals surface area contributed by atoms with Crippen molar-refractivity contribution < 1.29 is 14.3 Å². The molecule has 0 saturated carbocycles. The molecule has 2 rings (SSSR count). The molecule has 3 nitrogen and oxygen atoms in total. The normalized spacial score (nSPS) is 9.48. The lowest BCUT2D eigenvalue weighted by Crippen LogP contribution is -2.00. The fourth-order valence-corrected chi connectivity index (χ4v) is 2.02. The van der Waals surface area contributed by atoms with E-state index in [0.717, 1.165) is 21.3 Å². The van der Waals surface area contributed by atoms with Crippen molar-refractivity contribution in [2.75, 3.05) is 14.2 Å². The van der Waals surface area contributed by atoms with Gasteiger partial charge in [-0.25, -0.2) is 4.79 Å². The van der Waals surface area contributed by atoms with Crippen molar-refractivity contribution in [1.82, 2.24) is 0 Å². The summed E-state index contributed by atoms with van der Waals surface area (Å²) in [6, 6.07) is 12.6. The number of hydrogen-bond donors (Lipinski definition) is 0. The second kappa shape index (κ2) is 6.96. The van der Waals surface area contributed by atoms with Crippen LogP contribution in [0.4, 0.5) is 0 Å². The molecular formula is C17H13BrO3. The molecule has 0 bridgehead atoms. The number of halogens is 1. The Morgan fingerprint density at radius 1 is 1.05 bits per heavy atom. The van der Waals surface area contributed by atoms with Gasteiger partial charge in [0.25, 0.3) is 0 Å². The average Bonchev–Trinajstić information content (AvgIpc) is 2.54. The van der Waals surface area contributed by atoms with Gasteiger partial charge in [0, 0.05) is 15.6 Å². The fourth-order valence-electron chi connectivity index (χ4n) is 1.67. The molecule has 0 N–H and O–H groups in total. The second-order valence-corrected chi connectivity index (χ2v) is 5.02. The zero-order valence-electron chi connectivity index (χ0n) is 11.6. The number of carbonyl (C=O) groups is 1. The van der Waals surface area contributed by atoms with Gasteiger partial charge in [0.05, 0.1) is 19.8 Å². The van der Waals surface area contributed by atoms with Crippen LogP contribution in [0.15, 0.2) is 46.9 Å². The number of benzene rings is 2. The Morgan fingerprint density at radius 3 is 2.38 bits per heavy atom. The smallest absolute Gasteiger partial charge is 0.337 e. The highest BCUT2D eigenvalue weighted by Gasteiger charge is 2.03. The van der Waals surface area contributed by atoms with E-state index < -0.39 is 0 Å². The van der Waals surface area contributed by atoms with Crippen molar-refractivity contribution in [3.63, 3.8) is 0 Å². The Hall–Kier alpha value is -2.25. The van der Waals surface area contributed by atoms with Crippen molar-refractivity contribution >= 4 is 21.9 Å². The van der Waals surface area contributed by atoms with Crippen LogP contribution in [0.3, 0.4) is 0 Å². The van der Waals surface area contributed by atoms with Crippen molar-refractivity contribution in [2.45, 2.75) is 0 Å². The Balaban J connectivity index is 2.25. The number of carbonyl (C=O) groups excluding carboxylic acids is 1. The third-order valence-corrected chi connectivity index (χ3v) is 3.51. The third kappa shape index (κ3) is 3.87. The highest BCUT2D eigenvalue weighted by Crippen LogP contribution is 2.21. The summed E-state index contributed by atoms with van der Waals surface area (Å²) in [5.41, 5.74) is 2.16. The number of methoxy groups -OCH3 is 2. The number of rotatable bonds is 2. The third-order valence-electron chi connectivity index (χ3n) is 2.82. The standard InChI is InChI=1S/C17H13BrO3/c1-20-15-9-10-16(18)14(11-15)8-5-12-3-6-13(7-4-12)17(19)21-2/h3-4,6-7,9-11H,1-2H3. The summed E-state index contributed by atoms with van der Waals surface area (Å²) in [7, 11) is 2.97. The zero-order chi connectivity index (χ0) is 15.2. The van der Waals surface area contributed by atoms with Gasteiger partial charge in [0.1, 0.15) is 5.75 Å². The molecule has 0 aliphatic rings. The molecular weight excluding hydrogens is 332 g/mol. The Bertz CT molecular complexity index is 709. The maximum atomic E-state index is 11.3. The van der Waals surface area contributed by atoms with Gasteiger partial charge in [-0.05, 0) is 58.4 Å². The molecule has 0 spiro atoms. The predicted molar refractivity (Wildman–Crippen MR) is 84.5 cm³/mol. The van der Waals surface area contributed by atoms with Crippen LogP contribution in [0.1, 0.15) is 21.5 Å². The van der Waals surface area contributed by atoms with E-state index in [0.29, 0.717) is 5.56 Å². The molecule has 0 aromatic heterocycles. The number of esters is 1. The Labute approximate surface area is 132 Å². The van der Waals surface area contributed by atoms with Crippen molar-refractivity contribution in [3.05, 3.63) is 63.6 Å². The Morgan fingerprint density at radius 2 is 1.76 bits per heavy atom. The minimum Gasteiger partial charge on any atom is -0.497 e. The van der Waals surface area contributed by atoms with Crippen LogP contribution in [0.25, 0.3) is 0 Å². The minimum absolute atomic E-state index is 0.356. The molecule has 0 heterocycles. The Kier molecular flexibility index (Phi) is 5.02. The largest absolute Gasteiger partial charge is 0.497 e. The van der Waals surface area contributed by atoms with Gasteiger partial charge in [-0.2, -0.15) is 0 Å². The first-order chi connectivity index (χ1) is 10.1. The molecule has 2 aromatic rings. The van der Waals surface area contributed by atoms with E-state index in [1.54, 1.807) is 31.4 Å². The van der Waals surface area contributed by atoms with Crippen LogP contribution >= 0.6 is 15.9 Å². The topological polar surface area (TPSA) is 35.5 Å². The molecule has 0 amide bonds. The van der Waals surface area contributed by atoms with E-state index >= 15 is 0 Å². The molecule has 0 unspecified atom stereocenters. The average molecular weight is 345 g/mol. The van der Waals surface area contributed by atoms with Crippen LogP contribution in [0, 0.1) is 11.8 Å². The first-order valence-electron chi connectivity index (χ1n) is 6.18. The fraction of sp³-hybridized carbons (Fsp3) is 0.118.